The first kappa shape index (κ1) is 15.8. The molecule has 3 nitrogen and oxygen atoms in total. The molecule has 0 radical (unpaired) electrons. The van der Waals surface area contributed by atoms with Crippen molar-refractivity contribution >= 4 is 17.6 Å². The molecule has 2 rings (SSSR count). The Balaban J connectivity index is 2.40. The lowest BCUT2D eigenvalue weighted by Gasteiger charge is -2.07. The van der Waals surface area contributed by atoms with Gasteiger partial charge in [0.2, 0.25) is 0 Å². The molecule has 0 heterocycles. The SMILES string of the molecule is COc1cccc(/C(=C\c2ccc(C(C)C)cc2)C(=O)O)c1. The largest absolute Gasteiger partial charge is 0.497 e. The van der Waals surface area contributed by atoms with Crippen LogP contribution in [-0.4, -0.2) is 18.2 Å². The summed E-state index contributed by atoms with van der Waals surface area (Å²) < 4.78 is 5.16. The summed E-state index contributed by atoms with van der Waals surface area (Å²) in [6.07, 6.45) is 1.68. The molecule has 2 aromatic rings. The number of benzene rings is 2. The van der Waals surface area contributed by atoms with Gasteiger partial charge in [-0.05, 0) is 40.8 Å². The van der Waals surface area contributed by atoms with E-state index in [-0.39, 0.29) is 5.57 Å². The fourth-order valence-corrected chi connectivity index (χ4v) is 2.20. The zero-order chi connectivity index (χ0) is 16.1. The summed E-state index contributed by atoms with van der Waals surface area (Å²) in [6.45, 7) is 4.26. The summed E-state index contributed by atoms with van der Waals surface area (Å²) in [5.41, 5.74) is 2.97. The van der Waals surface area contributed by atoms with Crippen LogP contribution in [-0.2, 0) is 4.79 Å². The normalized spacial score (nSPS) is 11.5. The monoisotopic (exact) mass is 296 g/mol. The smallest absolute Gasteiger partial charge is 0.336 e. The molecule has 0 spiro atoms. The van der Waals surface area contributed by atoms with E-state index in [1.54, 1.807) is 37.5 Å². The lowest BCUT2D eigenvalue weighted by Crippen LogP contribution is -2.00. The Hall–Kier alpha value is -2.55. The summed E-state index contributed by atoms with van der Waals surface area (Å²) in [5, 5.41) is 9.49. The second-order valence-electron chi connectivity index (χ2n) is 5.42. The lowest BCUT2D eigenvalue weighted by molar-refractivity contribution is -0.130. The molecule has 0 saturated carbocycles. The third-order valence-electron chi connectivity index (χ3n) is 3.53. The average molecular weight is 296 g/mol. The van der Waals surface area contributed by atoms with Crippen molar-refractivity contribution in [2.45, 2.75) is 19.8 Å². The van der Waals surface area contributed by atoms with Gasteiger partial charge in [0.15, 0.2) is 0 Å². The zero-order valence-corrected chi connectivity index (χ0v) is 13.0. The number of carbonyl (C=O) groups is 1. The average Bonchev–Trinajstić information content (AvgIpc) is 2.52. The van der Waals surface area contributed by atoms with Crippen LogP contribution in [0.4, 0.5) is 0 Å². The molecule has 0 atom stereocenters. The molecule has 0 aliphatic carbocycles. The molecule has 22 heavy (non-hydrogen) atoms. The highest BCUT2D eigenvalue weighted by Crippen LogP contribution is 2.23. The van der Waals surface area contributed by atoms with Crippen LogP contribution in [0, 0.1) is 0 Å². The minimum atomic E-state index is -0.957. The minimum Gasteiger partial charge on any atom is -0.497 e. The van der Waals surface area contributed by atoms with E-state index < -0.39 is 5.97 Å². The zero-order valence-electron chi connectivity index (χ0n) is 13.0. The Labute approximate surface area is 130 Å². The van der Waals surface area contributed by atoms with Crippen molar-refractivity contribution < 1.29 is 14.6 Å². The first-order valence-electron chi connectivity index (χ1n) is 7.20. The Morgan fingerprint density at radius 3 is 2.36 bits per heavy atom. The van der Waals surface area contributed by atoms with E-state index in [2.05, 4.69) is 13.8 Å². The van der Waals surface area contributed by atoms with Crippen LogP contribution in [0.3, 0.4) is 0 Å². The van der Waals surface area contributed by atoms with Crippen LogP contribution in [0.5, 0.6) is 5.75 Å². The van der Waals surface area contributed by atoms with Crippen LogP contribution in [0.2, 0.25) is 0 Å². The van der Waals surface area contributed by atoms with Gasteiger partial charge in [-0.2, -0.15) is 0 Å². The second kappa shape index (κ2) is 6.94. The van der Waals surface area contributed by atoms with Gasteiger partial charge in [-0.3, -0.25) is 0 Å². The standard InChI is InChI=1S/C19H20O3/c1-13(2)15-9-7-14(8-10-15)11-18(19(20)21)16-5-4-6-17(12-16)22-3/h4-13H,1-3H3,(H,20,21)/b18-11+. The van der Waals surface area contributed by atoms with Crippen LogP contribution in [0.15, 0.2) is 48.5 Å². The van der Waals surface area contributed by atoms with E-state index in [0.717, 1.165) is 5.56 Å². The van der Waals surface area contributed by atoms with E-state index in [9.17, 15) is 9.90 Å². The quantitative estimate of drug-likeness (QED) is 0.655. The van der Waals surface area contributed by atoms with E-state index >= 15 is 0 Å². The summed E-state index contributed by atoms with van der Waals surface area (Å²) in [7, 11) is 1.56. The summed E-state index contributed by atoms with van der Waals surface area (Å²) >= 11 is 0. The number of carboxylic acids is 1. The molecule has 1 N–H and O–H groups in total. The van der Waals surface area contributed by atoms with Crippen molar-refractivity contribution in [3.63, 3.8) is 0 Å². The summed E-state index contributed by atoms with van der Waals surface area (Å²) in [6, 6.07) is 15.0. The third-order valence-corrected chi connectivity index (χ3v) is 3.53. The van der Waals surface area contributed by atoms with E-state index in [0.29, 0.717) is 17.2 Å². The highest BCUT2D eigenvalue weighted by molar-refractivity contribution is 6.20. The highest BCUT2D eigenvalue weighted by Gasteiger charge is 2.11. The first-order valence-corrected chi connectivity index (χ1v) is 7.20. The Bertz CT molecular complexity index is 682. The first-order chi connectivity index (χ1) is 10.5. The maximum Gasteiger partial charge on any atom is 0.336 e. The Morgan fingerprint density at radius 2 is 1.82 bits per heavy atom. The minimum absolute atomic E-state index is 0.246. The maximum atomic E-state index is 11.6. The van der Waals surface area contributed by atoms with Gasteiger partial charge in [-0.25, -0.2) is 4.79 Å². The molecule has 0 aliphatic rings. The van der Waals surface area contributed by atoms with Crippen LogP contribution < -0.4 is 4.74 Å². The van der Waals surface area contributed by atoms with Crippen LogP contribution in [0.25, 0.3) is 11.6 Å². The lowest BCUT2D eigenvalue weighted by atomic mass is 9.99. The Kier molecular flexibility index (Phi) is 4.99. The van der Waals surface area contributed by atoms with Gasteiger partial charge in [0.1, 0.15) is 5.75 Å². The van der Waals surface area contributed by atoms with Gasteiger partial charge in [0.25, 0.3) is 0 Å². The number of rotatable bonds is 5. The predicted molar refractivity (Wildman–Crippen MR) is 89.0 cm³/mol. The number of hydrogen-bond acceptors (Lipinski definition) is 2. The number of methoxy groups -OCH3 is 1. The molecule has 0 fully saturated rings. The van der Waals surface area contributed by atoms with Crippen LogP contribution >= 0.6 is 0 Å². The molecule has 0 bridgehead atoms. The van der Waals surface area contributed by atoms with Gasteiger partial charge in [0, 0.05) is 0 Å². The molecular weight excluding hydrogens is 276 g/mol. The third kappa shape index (κ3) is 3.76. The fourth-order valence-electron chi connectivity index (χ4n) is 2.20. The van der Waals surface area contributed by atoms with Crippen molar-refractivity contribution in [3.05, 3.63) is 65.2 Å². The number of aliphatic carboxylic acids is 1. The van der Waals surface area contributed by atoms with Crippen molar-refractivity contribution in [2.24, 2.45) is 0 Å². The second-order valence-corrected chi connectivity index (χ2v) is 5.42. The van der Waals surface area contributed by atoms with Gasteiger partial charge in [-0.15, -0.1) is 0 Å². The molecule has 3 heteroatoms. The molecule has 0 aromatic heterocycles. The van der Waals surface area contributed by atoms with Crippen molar-refractivity contribution in [1.82, 2.24) is 0 Å². The Morgan fingerprint density at radius 1 is 1.14 bits per heavy atom. The van der Waals surface area contributed by atoms with Gasteiger partial charge >= 0.3 is 5.97 Å². The number of ether oxygens (including phenoxy) is 1. The maximum absolute atomic E-state index is 11.6. The van der Waals surface area contributed by atoms with E-state index in [4.69, 9.17) is 4.74 Å². The number of carboxylic acid groups (broad SMARTS) is 1. The molecule has 0 saturated heterocycles. The predicted octanol–water partition coefficient (Wildman–Crippen LogP) is 4.44. The molecule has 0 unspecified atom stereocenters. The van der Waals surface area contributed by atoms with Gasteiger partial charge in [0.05, 0.1) is 12.7 Å². The summed E-state index contributed by atoms with van der Waals surface area (Å²) in [4.78, 5) is 11.6. The van der Waals surface area contributed by atoms with Crippen LogP contribution in [0.1, 0.15) is 36.5 Å². The molecule has 2 aromatic carbocycles. The molecular formula is C19H20O3. The number of hydrogen-bond donors (Lipinski definition) is 1. The highest BCUT2D eigenvalue weighted by atomic mass is 16.5. The topological polar surface area (TPSA) is 46.5 Å². The van der Waals surface area contributed by atoms with Gasteiger partial charge in [-0.1, -0.05) is 50.2 Å². The van der Waals surface area contributed by atoms with E-state index in [1.807, 2.05) is 24.3 Å². The molecule has 0 aliphatic heterocycles. The van der Waals surface area contributed by atoms with Crippen molar-refractivity contribution in [2.75, 3.05) is 7.11 Å². The molecule has 0 amide bonds. The van der Waals surface area contributed by atoms with Crippen molar-refractivity contribution in [1.29, 1.82) is 0 Å². The summed E-state index contributed by atoms with van der Waals surface area (Å²) in [5.74, 6) is 0.136. The van der Waals surface area contributed by atoms with Gasteiger partial charge < -0.3 is 9.84 Å². The van der Waals surface area contributed by atoms with Crippen molar-refractivity contribution in [3.8, 4) is 5.75 Å². The fraction of sp³-hybridized carbons (Fsp3) is 0.211. The molecule has 114 valence electrons. The van der Waals surface area contributed by atoms with E-state index in [1.165, 1.54) is 5.56 Å².